The Hall–Kier alpha value is -3.28. The van der Waals surface area contributed by atoms with Crippen molar-refractivity contribution >= 4 is 28.7 Å². The van der Waals surface area contributed by atoms with Crippen molar-refractivity contribution in [2.45, 2.75) is 13.5 Å². The van der Waals surface area contributed by atoms with Crippen molar-refractivity contribution < 1.29 is 4.92 Å². The van der Waals surface area contributed by atoms with E-state index < -0.39 is 4.92 Å². The highest BCUT2D eigenvalue weighted by molar-refractivity contribution is 5.79. The summed E-state index contributed by atoms with van der Waals surface area (Å²) in [6.45, 7) is 2.40. The maximum atomic E-state index is 12.5. The zero-order chi connectivity index (χ0) is 17.1. The molecule has 0 amide bonds. The van der Waals surface area contributed by atoms with E-state index in [4.69, 9.17) is 0 Å². The Morgan fingerprint density at radius 1 is 1.12 bits per heavy atom. The molecule has 0 saturated heterocycles. The number of benzene rings is 2. The molecule has 0 unspecified atom stereocenters. The smallest absolute Gasteiger partial charge is 0.269 e. The second-order valence-electron chi connectivity index (χ2n) is 5.22. The fraction of sp³-hybridized carbons (Fsp3) is 0.111. The van der Waals surface area contributed by atoms with Crippen LogP contribution in [-0.4, -0.2) is 14.5 Å². The van der Waals surface area contributed by atoms with Crippen molar-refractivity contribution in [1.82, 2.24) is 9.55 Å². The van der Waals surface area contributed by atoms with Crippen molar-refractivity contribution in [3.8, 4) is 0 Å². The third-order valence-corrected chi connectivity index (χ3v) is 3.74. The monoisotopic (exact) mass is 321 g/mol. The van der Waals surface area contributed by atoms with E-state index in [1.54, 1.807) is 41.0 Å². The SMILES string of the molecule is CCn1c(C=Cc2ccc([N+](=O)[O-])cc2)nc2ccccc2c1=O. The molecule has 0 saturated carbocycles. The molecule has 1 aromatic heterocycles. The van der Waals surface area contributed by atoms with Gasteiger partial charge in [0.25, 0.3) is 11.2 Å². The average molecular weight is 321 g/mol. The standard InChI is InChI=1S/C18H15N3O3/c1-2-20-17(19-16-6-4-3-5-15(16)18(20)22)12-9-13-7-10-14(11-8-13)21(23)24/h3-12H,2H2,1H3. The zero-order valence-electron chi connectivity index (χ0n) is 13.0. The van der Waals surface area contributed by atoms with Gasteiger partial charge < -0.3 is 0 Å². The van der Waals surface area contributed by atoms with Crippen LogP contribution in [0.3, 0.4) is 0 Å². The summed E-state index contributed by atoms with van der Waals surface area (Å²) in [4.78, 5) is 27.3. The first-order chi connectivity index (χ1) is 11.6. The second kappa shape index (κ2) is 6.45. The summed E-state index contributed by atoms with van der Waals surface area (Å²) in [7, 11) is 0. The van der Waals surface area contributed by atoms with Crippen LogP contribution in [0.2, 0.25) is 0 Å². The van der Waals surface area contributed by atoms with E-state index in [1.807, 2.05) is 19.1 Å². The summed E-state index contributed by atoms with van der Waals surface area (Å²) in [5, 5.41) is 11.3. The van der Waals surface area contributed by atoms with Gasteiger partial charge in [0, 0.05) is 18.7 Å². The number of nitro groups is 1. The minimum Gasteiger partial charge on any atom is -0.293 e. The van der Waals surface area contributed by atoms with Gasteiger partial charge in [0.05, 0.1) is 15.8 Å². The summed E-state index contributed by atoms with van der Waals surface area (Å²) >= 11 is 0. The summed E-state index contributed by atoms with van der Waals surface area (Å²) in [5.41, 5.74) is 1.41. The molecule has 0 fully saturated rings. The third-order valence-electron chi connectivity index (χ3n) is 3.74. The lowest BCUT2D eigenvalue weighted by molar-refractivity contribution is -0.384. The van der Waals surface area contributed by atoms with Crippen LogP contribution in [0.1, 0.15) is 18.3 Å². The normalized spacial score (nSPS) is 11.2. The van der Waals surface area contributed by atoms with Gasteiger partial charge in [0.2, 0.25) is 0 Å². The summed E-state index contributed by atoms with van der Waals surface area (Å²) in [6.07, 6.45) is 3.53. The molecule has 0 spiro atoms. The lowest BCUT2D eigenvalue weighted by atomic mass is 10.2. The van der Waals surface area contributed by atoms with E-state index in [0.717, 1.165) is 5.56 Å². The predicted molar refractivity (Wildman–Crippen MR) is 93.7 cm³/mol. The first-order valence-corrected chi connectivity index (χ1v) is 7.52. The molecule has 1 heterocycles. The maximum absolute atomic E-state index is 12.5. The Balaban J connectivity index is 2.02. The van der Waals surface area contributed by atoms with Crippen molar-refractivity contribution in [2.24, 2.45) is 0 Å². The largest absolute Gasteiger partial charge is 0.293 e. The van der Waals surface area contributed by atoms with E-state index in [-0.39, 0.29) is 11.2 Å². The van der Waals surface area contributed by atoms with Crippen LogP contribution in [-0.2, 0) is 6.54 Å². The molecule has 2 aromatic carbocycles. The Bertz CT molecular complexity index is 989. The van der Waals surface area contributed by atoms with Gasteiger partial charge in [0.1, 0.15) is 5.82 Å². The minimum atomic E-state index is -0.437. The molecule has 6 heteroatoms. The number of para-hydroxylation sites is 1. The summed E-state index contributed by atoms with van der Waals surface area (Å²) in [5.74, 6) is 0.555. The lowest BCUT2D eigenvalue weighted by Crippen LogP contribution is -2.22. The quantitative estimate of drug-likeness (QED) is 0.544. The predicted octanol–water partition coefficient (Wildman–Crippen LogP) is 3.50. The van der Waals surface area contributed by atoms with Crippen LogP contribution < -0.4 is 5.56 Å². The highest BCUT2D eigenvalue weighted by Gasteiger charge is 2.07. The first-order valence-electron chi connectivity index (χ1n) is 7.52. The Labute approximate surface area is 137 Å². The van der Waals surface area contributed by atoms with Crippen molar-refractivity contribution in [3.63, 3.8) is 0 Å². The van der Waals surface area contributed by atoms with Gasteiger partial charge in [-0.15, -0.1) is 0 Å². The zero-order valence-corrected chi connectivity index (χ0v) is 13.0. The Morgan fingerprint density at radius 3 is 2.50 bits per heavy atom. The molecular formula is C18H15N3O3. The average Bonchev–Trinajstić information content (AvgIpc) is 2.60. The van der Waals surface area contributed by atoms with Crippen LogP contribution >= 0.6 is 0 Å². The highest BCUT2D eigenvalue weighted by Crippen LogP contribution is 2.15. The molecule has 120 valence electrons. The van der Waals surface area contributed by atoms with E-state index in [9.17, 15) is 14.9 Å². The highest BCUT2D eigenvalue weighted by atomic mass is 16.6. The number of rotatable bonds is 4. The van der Waals surface area contributed by atoms with Crippen molar-refractivity contribution in [1.29, 1.82) is 0 Å². The second-order valence-corrected chi connectivity index (χ2v) is 5.22. The Morgan fingerprint density at radius 2 is 1.83 bits per heavy atom. The molecular weight excluding hydrogens is 306 g/mol. The first kappa shape index (κ1) is 15.6. The third kappa shape index (κ3) is 2.94. The topological polar surface area (TPSA) is 78.0 Å². The number of aromatic nitrogens is 2. The molecule has 0 bridgehead atoms. The summed E-state index contributed by atoms with van der Waals surface area (Å²) in [6, 6.07) is 13.4. The molecule has 0 aliphatic heterocycles. The van der Waals surface area contributed by atoms with Gasteiger partial charge in [-0.2, -0.15) is 0 Å². The van der Waals surface area contributed by atoms with E-state index >= 15 is 0 Å². The number of hydrogen-bond donors (Lipinski definition) is 0. The van der Waals surface area contributed by atoms with Gasteiger partial charge in [-0.3, -0.25) is 19.5 Å². The van der Waals surface area contributed by atoms with Crippen LogP contribution in [0.5, 0.6) is 0 Å². The maximum Gasteiger partial charge on any atom is 0.269 e. The van der Waals surface area contributed by atoms with Gasteiger partial charge >= 0.3 is 0 Å². The van der Waals surface area contributed by atoms with Crippen LogP contribution in [0.15, 0.2) is 53.3 Å². The molecule has 0 aliphatic rings. The fourth-order valence-corrected chi connectivity index (χ4v) is 2.50. The number of hydrogen-bond acceptors (Lipinski definition) is 4. The van der Waals surface area contributed by atoms with Crippen LogP contribution in [0.4, 0.5) is 5.69 Å². The molecule has 3 rings (SSSR count). The number of fused-ring (bicyclic) bond motifs is 1. The van der Waals surface area contributed by atoms with Crippen molar-refractivity contribution in [2.75, 3.05) is 0 Å². The van der Waals surface area contributed by atoms with Crippen molar-refractivity contribution in [3.05, 3.63) is 80.4 Å². The molecule has 0 aliphatic carbocycles. The fourth-order valence-electron chi connectivity index (χ4n) is 2.50. The number of non-ortho nitro benzene ring substituents is 1. The molecule has 6 nitrogen and oxygen atoms in total. The molecule has 0 atom stereocenters. The van der Waals surface area contributed by atoms with Gasteiger partial charge in [-0.1, -0.05) is 18.2 Å². The minimum absolute atomic E-state index is 0.0430. The van der Waals surface area contributed by atoms with E-state index in [1.165, 1.54) is 12.1 Å². The lowest BCUT2D eigenvalue weighted by Gasteiger charge is -2.08. The summed E-state index contributed by atoms with van der Waals surface area (Å²) < 4.78 is 1.60. The van der Waals surface area contributed by atoms with Gasteiger partial charge in [-0.05, 0) is 42.8 Å². The Kier molecular flexibility index (Phi) is 4.20. The number of nitro benzene ring substituents is 1. The number of nitrogens with zero attached hydrogens (tertiary/aromatic N) is 3. The molecule has 0 radical (unpaired) electrons. The molecule has 3 aromatic rings. The van der Waals surface area contributed by atoms with Gasteiger partial charge in [-0.25, -0.2) is 4.98 Å². The van der Waals surface area contributed by atoms with E-state index in [0.29, 0.717) is 23.3 Å². The van der Waals surface area contributed by atoms with E-state index in [2.05, 4.69) is 4.98 Å². The molecule has 0 N–H and O–H groups in total. The molecule has 24 heavy (non-hydrogen) atoms. The van der Waals surface area contributed by atoms with Crippen LogP contribution in [0.25, 0.3) is 23.1 Å². The van der Waals surface area contributed by atoms with Gasteiger partial charge in [0.15, 0.2) is 0 Å². The van der Waals surface area contributed by atoms with Crippen LogP contribution in [0, 0.1) is 10.1 Å².